The highest BCUT2D eigenvalue weighted by molar-refractivity contribution is 7.97. The fourth-order valence-corrected chi connectivity index (χ4v) is 3.69. The van der Waals surface area contributed by atoms with E-state index in [9.17, 15) is 14.6 Å². The standard InChI is InChI=1S/C19H16FN3O2S/c1-26-9-14-17(11-3-2-4-12(20)7-11)23(19(25)18(14)24)13-5-6-15-16(8-13)22-10-21-15/h2-8,10,24-25H,9H2,1H3,(H,21,22). The number of benzene rings is 2. The Labute approximate surface area is 153 Å². The minimum atomic E-state index is -0.381. The molecule has 0 saturated carbocycles. The first-order valence-corrected chi connectivity index (χ1v) is 9.33. The van der Waals surface area contributed by atoms with E-state index in [0.717, 1.165) is 11.0 Å². The van der Waals surface area contributed by atoms with Crippen LogP contribution in [0.3, 0.4) is 0 Å². The van der Waals surface area contributed by atoms with E-state index >= 15 is 0 Å². The Kier molecular flexibility index (Phi) is 4.08. The second-order valence-corrected chi connectivity index (χ2v) is 6.75. The van der Waals surface area contributed by atoms with E-state index in [1.165, 1.54) is 28.5 Å². The maximum atomic E-state index is 13.8. The van der Waals surface area contributed by atoms with Crippen LogP contribution < -0.4 is 0 Å². The van der Waals surface area contributed by atoms with Gasteiger partial charge in [-0.2, -0.15) is 11.8 Å². The predicted octanol–water partition coefficient (Wildman–Crippen LogP) is 4.43. The van der Waals surface area contributed by atoms with Gasteiger partial charge in [-0.05, 0) is 36.6 Å². The first-order chi connectivity index (χ1) is 12.6. The molecular formula is C19H16FN3O2S. The molecule has 0 spiro atoms. The number of thioether (sulfide) groups is 1. The van der Waals surface area contributed by atoms with Crippen LogP contribution in [0.2, 0.25) is 0 Å². The number of aromatic nitrogens is 3. The van der Waals surface area contributed by atoms with Crippen LogP contribution in [0.5, 0.6) is 11.6 Å². The Morgan fingerprint density at radius 1 is 1.19 bits per heavy atom. The van der Waals surface area contributed by atoms with Crippen molar-refractivity contribution in [3.8, 4) is 28.6 Å². The predicted molar refractivity (Wildman–Crippen MR) is 101 cm³/mol. The fraction of sp³-hybridized carbons (Fsp3) is 0.105. The van der Waals surface area contributed by atoms with Crippen molar-refractivity contribution < 1.29 is 14.6 Å². The molecule has 0 radical (unpaired) electrons. The third-order valence-electron chi connectivity index (χ3n) is 4.27. The van der Waals surface area contributed by atoms with E-state index < -0.39 is 0 Å². The van der Waals surface area contributed by atoms with Gasteiger partial charge in [-0.3, -0.25) is 4.57 Å². The third kappa shape index (κ3) is 2.61. The average molecular weight is 369 g/mol. The highest BCUT2D eigenvalue weighted by Gasteiger charge is 2.24. The van der Waals surface area contributed by atoms with E-state index in [2.05, 4.69) is 9.97 Å². The maximum Gasteiger partial charge on any atom is 0.240 e. The summed E-state index contributed by atoms with van der Waals surface area (Å²) in [6.45, 7) is 0. The van der Waals surface area contributed by atoms with E-state index in [4.69, 9.17) is 0 Å². The van der Waals surface area contributed by atoms with Gasteiger partial charge in [0, 0.05) is 16.9 Å². The van der Waals surface area contributed by atoms with E-state index in [1.54, 1.807) is 24.5 Å². The van der Waals surface area contributed by atoms with Crippen molar-refractivity contribution in [2.45, 2.75) is 5.75 Å². The summed E-state index contributed by atoms with van der Waals surface area (Å²) in [4.78, 5) is 7.22. The monoisotopic (exact) mass is 369 g/mol. The highest BCUT2D eigenvalue weighted by Crippen LogP contribution is 2.44. The van der Waals surface area contributed by atoms with Crippen LogP contribution in [0, 0.1) is 5.82 Å². The molecule has 0 bridgehead atoms. The molecule has 7 heteroatoms. The second-order valence-electron chi connectivity index (χ2n) is 5.88. The molecule has 0 aliphatic rings. The Balaban J connectivity index is 2.02. The molecule has 5 nitrogen and oxygen atoms in total. The van der Waals surface area contributed by atoms with Crippen molar-refractivity contribution in [2.75, 3.05) is 6.26 Å². The zero-order valence-electron chi connectivity index (χ0n) is 13.9. The van der Waals surface area contributed by atoms with Crippen molar-refractivity contribution in [2.24, 2.45) is 0 Å². The van der Waals surface area contributed by atoms with Gasteiger partial charge >= 0.3 is 0 Å². The number of halogens is 1. The largest absolute Gasteiger partial charge is 0.503 e. The number of rotatable bonds is 4. The van der Waals surface area contributed by atoms with Crippen molar-refractivity contribution in [1.29, 1.82) is 0 Å². The molecule has 0 aliphatic carbocycles. The lowest BCUT2D eigenvalue weighted by Crippen LogP contribution is -1.98. The number of aromatic hydroxyl groups is 2. The minimum Gasteiger partial charge on any atom is -0.503 e. The van der Waals surface area contributed by atoms with Gasteiger partial charge in [-0.15, -0.1) is 0 Å². The number of fused-ring (bicyclic) bond motifs is 1. The van der Waals surface area contributed by atoms with Crippen LogP contribution in [0.4, 0.5) is 4.39 Å². The molecule has 4 rings (SSSR count). The van der Waals surface area contributed by atoms with Gasteiger partial charge in [0.1, 0.15) is 5.82 Å². The summed E-state index contributed by atoms with van der Waals surface area (Å²) in [5.74, 6) is -0.367. The van der Waals surface area contributed by atoms with E-state index in [-0.39, 0.29) is 17.4 Å². The molecule has 0 fully saturated rings. The van der Waals surface area contributed by atoms with Gasteiger partial charge in [-0.1, -0.05) is 12.1 Å². The molecule has 132 valence electrons. The van der Waals surface area contributed by atoms with Gasteiger partial charge in [0.25, 0.3) is 0 Å². The van der Waals surface area contributed by atoms with E-state index in [1.807, 2.05) is 18.4 Å². The Morgan fingerprint density at radius 3 is 2.81 bits per heavy atom. The SMILES string of the molecule is CSCc1c(O)c(O)n(-c2ccc3nc[nH]c3c2)c1-c1cccc(F)c1. The van der Waals surface area contributed by atoms with Crippen molar-refractivity contribution in [3.05, 3.63) is 60.2 Å². The van der Waals surface area contributed by atoms with E-state index in [0.29, 0.717) is 28.3 Å². The molecule has 0 amide bonds. The quantitative estimate of drug-likeness (QED) is 0.497. The number of nitrogens with one attached hydrogen (secondary N) is 1. The van der Waals surface area contributed by atoms with Crippen LogP contribution in [-0.2, 0) is 5.75 Å². The van der Waals surface area contributed by atoms with Gasteiger partial charge in [0.15, 0.2) is 5.75 Å². The first kappa shape index (κ1) is 16.5. The molecule has 26 heavy (non-hydrogen) atoms. The summed E-state index contributed by atoms with van der Waals surface area (Å²) < 4.78 is 15.4. The van der Waals surface area contributed by atoms with Gasteiger partial charge in [0.2, 0.25) is 5.88 Å². The van der Waals surface area contributed by atoms with Gasteiger partial charge in [0.05, 0.1) is 28.7 Å². The fourth-order valence-electron chi connectivity index (χ4n) is 3.13. The van der Waals surface area contributed by atoms with Crippen LogP contribution in [0.15, 0.2) is 48.8 Å². The molecule has 2 aromatic heterocycles. The van der Waals surface area contributed by atoms with Crippen molar-refractivity contribution >= 4 is 22.8 Å². The lowest BCUT2D eigenvalue weighted by atomic mass is 10.1. The zero-order valence-corrected chi connectivity index (χ0v) is 14.7. The summed E-state index contributed by atoms with van der Waals surface area (Å²) in [6.07, 6.45) is 3.49. The lowest BCUT2D eigenvalue weighted by molar-refractivity contribution is 0.386. The minimum absolute atomic E-state index is 0.191. The zero-order chi connectivity index (χ0) is 18.3. The summed E-state index contributed by atoms with van der Waals surface area (Å²) >= 11 is 1.51. The van der Waals surface area contributed by atoms with Crippen LogP contribution >= 0.6 is 11.8 Å². The molecule has 2 heterocycles. The lowest BCUT2D eigenvalue weighted by Gasteiger charge is -2.12. The highest BCUT2D eigenvalue weighted by atomic mass is 32.2. The second kappa shape index (κ2) is 6.42. The molecule has 4 aromatic rings. The molecule has 2 aromatic carbocycles. The topological polar surface area (TPSA) is 74.1 Å². The Hall–Kier alpha value is -2.93. The Bertz CT molecular complexity index is 1100. The van der Waals surface area contributed by atoms with Gasteiger partial charge in [-0.25, -0.2) is 9.37 Å². The number of hydrogen-bond acceptors (Lipinski definition) is 4. The maximum absolute atomic E-state index is 13.8. The van der Waals surface area contributed by atoms with Crippen molar-refractivity contribution in [1.82, 2.24) is 14.5 Å². The molecule has 0 atom stereocenters. The molecule has 0 unspecified atom stereocenters. The number of hydrogen-bond donors (Lipinski definition) is 3. The Morgan fingerprint density at radius 2 is 2.04 bits per heavy atom. The smallest absolute Gasteiger partial charge is 0.240 e. The first-order valence-electron chi connectivity index (χ1n) is 7.94. The van der Waals surface area contributed by atoms with Crippen LogP contribution in [0.1, 0.15) is 5.56 Å². The molecule has 0 saturated heterocycles. The van der Waals surface area contributed by atoms with Gasteiger partial charge < -0.3 is 15.2 Å². The summed E-state index contributed by atoms with van der Waals surface area (Å²) in [7, 11) is 0. The summed E-state index contributed by atoms with van der Waals surface area (Å²) in [5, 5.41) is 21.1. The normalized spacial score (nSPS) is 11.3. The molecule has 3 N–H and O–H groups in total. The molecular weight excluding hydrogens is 353 g/mol. The molecule has 0 aliphatic heterocycles. The van der Waals surface area contributed by atoms with Crippen LogP contribution in [-0.4, -0.2) is 31.0 Å². The number of imidazole rings is 1. The summed E-state index contributed by atoms with van der Waals surface area (Å²) in [5.41, 5.74) is 3.93. The number of nitrogens with zero attached hydrogens (tertiary/aromatic N) is 2. The number of H-pyrrole nitrogens is 1. The third-order valence-corrected chi connectivity index (χ3v) is 4.85. The number of aromatic amines is 1. The van der Waals surface area contributed by atoms with Crippen molar-refractivity contribution in [3.63, 3.8) is 0 Å². The van der Waals surface area contributed by atoms with Crippen LogP contribution in [0.25, 0.3) is 28.0 Å². The average Bonchev–Trinajstić information content (AvgIpc) is 3.19. The summed E-state index contributed by atoms with van der Waals surface area (Å²) in [6, 6.07) is 11.6.